The Morgan fingerprint density at radius 2 is 1.81 bits per heavy atom. The molecular weight excluding hydrogens is 202 g/mol. The third-order valence-corrected chi connectivity index (χ3v) is 3.88. The lowest BCUT2D eigenvalue weighted by Gasteiger charge is -2.39. The van der Waals surface area contributed by atoms with Gasteiger partial charge < -0.3 is 9.53 Å². The third kappa shape index (κ3) is 2.64. The fourth-order valence-corrected chi connectivity index (χ4v) is 3.25. The molecule has 3 nitrogen and oxygen atoms in total. The second kappa shape index (κ2) is 4.84. The molecule has 1 saturated carbocycles. The summed E-state index contributed by atoms with van der Waals surface area (Å²) in [7, 11) is 0. The molecule has 16 heavy (non-hydrogen) atoms. The van der Waals surface area contributed by atoms with E-state index in [1.807, 2.05) is 0 Å². The zero-order valence-corrected chi connectivity index (χ0v) is 10.4. The molecule has 0 amide bonds. The largest absolute Gasteiger partial charge is 0.373 e. The van der Waals surface area contributed by atoms with Gasteiger partial charge in [-0.05, 0) is 26.7 Å². The Balaban J connectivity index is 1.94. The monoisotopic (exact) mass is 225 g/mol. The molecule has 2 atom stereocenters. The van der Waals surface area contributed by atoms with E-state index in [0.29, 0.717) is 12.2 Å². The van der Waals surface area contributed by atoms with E-state index in [1.165, 1.54) is 19.1 Å². The molecule has 1 aliphatic carbocycles. The van der Waals surface area contributed by atoms with Crippen molar-refractivity contribution < 1.29 is 9.53 Å². The second-order valence-corrected chi connectivity index (χ2v) is 5.64. The molecule has 1 saturated heterocycles. The summed E-state index contributed by atoms with van der Waals surface area (Å²) >= 11 is 0. The van der Waals surface area contributed by atoms with Gasteiger partial charge in [-0.25, -0.2) is 0 Å². The van der Waals surface area contributed by atoms with Crippen LogP contribution in [0.4, 0.5) is 0 Å². The number of nitrogens with zero attached hydrogens (tertiary/aromatic N) is 1. The van der Waals surface area contributed by atoms with Crippen molar-refractivity contribution in [1.29, 1.82) is 0 Å². The number of carbonyl (C=O) groups is 1. The van der Waals surface area contributed by atoms with Crippen LogP contribution in [0.25, 0.3) is 0 Å². The summed E-state index contributed by atoms with van der Waals surface area (Å²) in [4.78, 5) is 13.7. The van der Waals surface area contributed by atoms with Crippen molar-refractivity contribution in [2.45, 2.75) is 51.7 Å². The van der Waals surface area contributed by atoms with Crippen LogP contribution in [-0.4, -0.2) is 43.0 Å². The van der Waals surface area contributed by atoms with Crippen LogP contribution in [0, 0.1) is 5.41 Å². The van der Waals surface area contributed by atoms with Crippen LogP contribution in [0.5, 0.6) is 0 Å². The SMILES string of the molecule is C[C@@H]1CN(CC2(C=O)CCCC2)C[C@H](C)O1. The van der Waals surface area contributed by atoms with Crippen LogP contribution in [0.15, 0.2) is 0 Å². The van der Waals surface area contributed by atoms with Crippen molar-refractivity contribution in [3.05, 3.63) is 0 Å². The van der Waals surface area contributed by atoms with Crippen LogP contribution in [-0.2, 0) is 9.53 Å². The average molecular weight is 225 g/mol. The van der Waals surface area contributed by atoms with E-state index in [4.69, 9.17) is 4.74 Å². The maximum atomic E-state index is 11.3. The highest BCUT2D eigenvalue weighted by Gasteiger charge is 2.36. The number of rotatable bonds is 3. The minimum Gasteiger partial charge on any atom is -0.373 e. The van der Waals surface area contributed by atoms with E-state index in [-0.39, 0.29) is 5.41 Å². The van der Waals surface area contributed by atoms with E-state index in [2.05, 4.69) is 18.7 Å². The molecular formula is C13H23NO2. The van der Waals surface area contributed by atoms with Gasteiger partial charge in [0.15, 0.2) is 0 Å². The van der Waals surface area contributed by atoms with Gasteiger partial charge in [0.2, 0.25) is 0 Å². The summed E-state index contributed by atoms with van der Waals surface area (Å²) in [5.41, 5.74) is -0.0449. The highest BCUT2D eigenvalue weighted by molar-refractivity contribution is 5.60. The normalized spacial score (nSPS) is 35.1. The summed E-state index contributed by atoms with van der Waals surface area (Å²) in [6, 6.07) is 0. The van der Waals surface area contributed by atoms with Crippen molar-refractivity contribution in [1.82, 2.24) is 4.90 Å². The number of morpholine rings is 1. The Bertz CT molecular complexity index is 238. The lowest BCUT2D eigenvalue weighted by Crippen LogP contribution is -2.49. The van der Waals surface area contributed by atoms with Gasteiger partial charge >= 0.3 is 0 Å². The molecule has 2 fully saturated rings. The first-order chi connectivity index (χ1) is 7.63. The van der Waals surface area contributed by atoms with Gasteiger partial charge in [0.05, 0.1) is 12.2 Å². The molecule has 3 heteroatoms. The minimum absolute atomic E-state index is 0.0449. The molecule has 0 unspecified atom stereocenters. The lowest BCUT2D eigenvalue weighted by atomic mass is 9.87. The lowest BCUT2D eigenvalue weighted by molar-refractivity contribution is -0.120. The Hall–Kier alpha value is -0.410. The summed E-state index contributed by atoms with van der Waals surface area (Å²) in [6.07, 6.45) is 6.41. The first-order valence-electron chi connectivity index (χ1n) is 6.48. The number of ether oxygens (including phenoxy) is 1. The van der Waals surface area contributed by atoms with Gasteiger partial charge in [-0.1, -0.05) is 12.8 Å². The number of aldehydes is 1. The first kappa shape index (κ1) is 12.1. The number of carbonyl (C=O) groups excluding carboxylic acids is 1. The fourth-order valence-electron chi connectivity index (χ4n) is 3.25. The molecule has 2 aliphatic rings. The Kier molecular flexibility index (Phi) is 3.65. The predicted octanol–water partition coefficient (Wildman–Crippen LogP) is 1.85. The van der Waals surface area contributed by atoms with E-state index in [1.54, 1.807) is 0 Å². The molecule has 2 rings (SSSR count). The molecule has 0 bridgehead atoms. The molecule has 0 aromatic heterocycles. The molecule has 0 spiro atoms. The molecule has 0 aromatic rings. The van der Waals surface area contributed by atoms with Crippen molar-refractivity contribution >= 4 is 6.29 Å². The van der Waals surface area contributed by atoms with Gasteiger partial charge in [-0.2, -0.15) is 0 Å². The molecule has 92 valence electrons. The Labute approximate surface area is 98.1 Å². The quantitative estimate of drug-likeness (QED) is 0.687. The number of hydrogen-bond acceptors (Lipinski definition) is 3. The fraction of sp³-hybridized carbons (Fsp3) is 0.923. The van der Waals surface area contributed by atoms with Gasteiger partial charge in [0.1, 0.15) is 6.29 Å². The summed E-state index contributed by atoms with van der Waals surface area (Å²) < 4.78 is 5.72. The first-order valence-corrected chi connectivity index (χ1v) is 6.48. The van der Waals surface area contributed by atoms with Gasteiger partial charge in [-0.15, -0.1) is 0 Å². The number of hydrogen-bond donors (Lipinski definition) is 0. The third-order valence-electron chi connectivity index (χ3n) is 3.88. The molecule has 0 N–H and O–H groups in total. The van der Waals surface area contributed by atoms with Gasteiger partial charge in [0, 0.05) is 25.0 Å². The van der Waals surface area contributed by atoms with Gasteiger partial charge in [0.25, 0.3) is 0 Å². The second-order valence-electron chi connectivity index (χ2n) is 5.64. The smallest absolute Gasteiger partial charge is 0.127 e. The zero-order chi connectivity index (χ0) is 11.6. The maximum Gasteiger partial charge on any atom is 0.127 e. The van der Waals surface area contributed by atoms with E-state index in [0.717, 1.165) is 32.5 Å². The van der Waals surface area contributed by atoms with Crippen molar-refractivity contribution in [3.63, 3.8) is 0 Å². The van der Waals surface area contributed by atoms with Crippen molar-refractivity contribution in [3.8, 4) is 0 Å². The van der Waals surface area contributed by atoms with Gasteiger partial charge in [-0.3, -0.25) is 4.90 Å². The molecule has 1 heterocycles. The van der Waals surface area contributed by atoms with E-state index in [9.17, 15) is 4.79 Å². The predicted molar refractivity (Wildman–Crippen MR) is 63.4 cm³/mol. The summed E-state index contributed by atoms with van der Waals surface area (Å²) in [5, 5.41) is 0. The highest BCUT2D eigenvalue weighted by atomic mass is 16.5. The van der Waals surface area contributed by atoms with Crippen molar-refractivity contribution in [2.24, 2.45) is 5.41 Å². The highest BCUT2D eigenvalue weighted by Crippen LogP contribution is 2.37. The molecule has 0 aromatic carbocycles. The average Bonchev–Trinajstić information content (AvgIpc) is 2.65. The zero-order valence-electron chi connectivity index (χ0n) is 10.4. The van der Waals surface area contributed by atoms with Crippen LogP contribution in [0.3, 0.4) is 0 Å². The summed E-state index contributed by atoms with van der Waals surface area (Å²) in [5.74, 6) is 0. The standard InChI is InChI=1S/C13H23NO2/c1-11-7-14(8-12(2)16-11)9-13(10-15)5-3-4-6-13/h10-12H,3-9H2,1-2H3/t11-,12+. The van der Waals surface area contributed by atoms with Crippen LogP contribution >= 0.6 is 0 Å². The Morgan fingerprint density at radius 1 is 1.25 bits per heavy atom. The maximum absolute atomic E-state index is 11.3. The minimum atomic E-state index is -0.0449. The van der Waals surface area contributed by atoms with Crippen molar-refractivity contribution in [2.75, 3.05) is 19.6 Å². The Morgan fingerprint density at radius 3 is 2.31 bits per heavy atom. The summed E-state index contributed by atoms with van der Waals surface area (Å²) in [6.45, 7) is 7.12. The van der Waals surface area contributed by atoms with Crippen LogP contribution < -0.4 is 0 Å². The molecule has 1 aliphatic heterocycles. The van der Waals surface area contributed by atoms with Crippen LogP contribution in [0.2, 0.25) is 0 Å². The topological polar surface area (TPSA) is 29.5 Å². The van der Waals surface area contributed by atoms with Crippen LogP contribution in [0.1, 0.15) is 39.5 Å². The molecule has 0 radical (unpaired) electrons. The van der Waals surface area contributed by atoms with E-state index < -0.39 is 0 Å². The van der Waals surface area contributed by atoms with E-state index >= 15 is 0 Å².